The number of anilines is 1. The van der Waals surface area contributed by atoms with Gasteiger partial charge in [-0.1, -0.05) is 11.8 Å². The minimum Gasteiger partial charge on any atom is -0.468 e. The molecule has 2 aromatic rings. The Balaban J connectivity index is 2.23. The molecule has 2 rings (SSSR count). The van der Waals surface area contributed by atoms with E-state index < -0.39 is 0 Å². The fraction of sp³-hybridized carbons (Fsp3) is 0.300. The van der Waals surface area contributed by atoms with Gasteiger partial charge in [0.2, 0.25) is 5.95 Å². The Morgan fingerprint density at radius 2 is 2.32 bits per heavy atom. The zero-order valence-electron chi connectivity index (χ0n) is 10.4. The first-order valence-electron chi connectivity index (χ1n) is 5.36. The van der Waals surface area contributed by atoms with Crippen molar-refractivity contribution in [1.29, 1.82) is 0 Å². The van der Waals surface area contributed by atoms with Crippen LogP contribution in [0.4, 0.5) is 5.95 Å². The molecule has 0 aliphatic carbocycles. The van der Waals surface area contributed by atoms with Gasteiger partial charge >= 0.3 is 5.97 Å². The molecule has 0 spiro atoms. The zero-order valence-corrected chi connectivity index (χ0v) is 11.2. The Morgan fingerprint density at radius 1 is 1.47 bits per heavy atom. The van der Waals surface area contributed by atoms with Gasteiger partial charge in [-0.15, -0.1) is 0 Å². The summed E-state index contributed by atoms with van der Waals surface area (Å²) in [6.07, 6.45) is 3.35. The number of nitrogens with one attached hydrogen (secondary N) is 1. The van der Waals surface area contributed by atoms with E-state index in [1.807, 2.05) is 0 Å². The molecule has 0 aliphatic rings. The predicted molar refractivity (Wildman–Crippen MR) is 69.2 cm³/mol. The van der Waals surface area contributed by atoms with Crippen molar-refractivity contribution in [3.8, 4) is 5.95 Å². The molecule has 0 aromatic carbocycles. The molecule has 8 nitrogen and oxygen atoms in total. The second kappa shape index (κ2) is 6.14. The molecule has 0 radical (unpaired) electrons. The Hall–Kier alpha value is -2.16. The Morgan fingerprint density at radius 3 is 2.95 bits per heavy atom. The van der Waals surface area contributed by atoms with Crippen molar-refractivity contribution in [1.82, 2.24) is 24.7 Å². The highest BCUT2D eigenvalue weighted by Crippen LogP contribution is 2.15. The molecule has 2 aromatic heterocycles. The number of hydrogen-bond donors (Lipinski definition) is 1. The van der Waals surface area contributed by atoms with Crippen molar-refractivity contribution in [2.24, 2.45) is 0 Å². The molecule has 100 valence electrons. The maximum absolute atomic E-state index is 11.1. The summed E-state index contributed by atoms with van der Waals surface area (Å²) in [5, 5.41) is 7.31. The number of methoxy groups -OCH3 is 1. The number of aromatic nitrogens is 5. The van der Waals surface area contributed by atoms with Crippen molar-refractivity contribution in [3.63, 3.8) is 0 Å². The van der Waals surface area contributed by atoms with Crippen LogP contribution in [0.1, 0.15) is 0 Å². The third-order valence-electron chi connectivity index (χ3n) is 2.08. The predicted octanol–water partition coefficient (Wildman–Crippen LogP) is 0.364. The normalized spacial score (nSPS) is 10.2. The molecule has 0 saturated carbocycles. The van der Waals surface area contributed by atoms with Gasteiger partial charge in [-0.05, 0) is 6.07 Å². The van der Waals surface area contributed by atoms with E-state index >= 15 is 0 Å². The highest BCUT2D eigenvalue weighted by atomic mass is 32.2. The number of rotatable bonds is 5. The fourth-order valence-electron chi connectivity index (χ4n) is 1.19. The number of ether oxygens (including phenoxy) is 1. The van der Waals surface area contributed by atoms with Crippen molar-refractivity contribution >= 4 is 23.7 Å². The number of nitrogens with zero attached hydrogens (tertiary/aromatic N) is 5. The minimum atomic E-state index is -0.336. The number of thioether (sulfide) groups is 1. The number of carbonyl (C=O) groups is 1. The smallest absolute Gasteiger partial charge is 0.316 e. The number of hydrogen-bond acceptors (Lipinski definition) is 8. The third-order valence-corrected chi connectivity index (χ3v) is 2.90. The standard InChI is InChI=1S/C10H12N6O2S/c1-11-8-13-9(16-5-3-4-12-16)15-10(14-8)19-6-7(17)18-2/h3-5H,6H2,1-2H3,(H,11,13,14,15). The molecular weight excluding hydrogens is 268 g/mol. The molecule has 0 fully saturated rings. The summed E-state index contributed by atoms with van der Waals surface area (Å²) >= 11 is 1.18. The summed E-state index contributed by atoms with van der Waals surface area (Å²) in [4.78, 5) is 23.7. The molecule has 2 heterocycles. The van der Waals surface area contributed by atoms with Crippen LogP contribution in [0.3, 0.4) is 0 Å². The van der Waals surface area contributed by atoms with Crippen LogP contribution in [-0.4, -0.2) is 50.6 Å². The van der Waals surface area contributed by atoms with Gasteiger partial charge in [0.05, 0.1) is 12.9 Å². The van der Waals surface area contributed by atoms with E-state index in [9.17, 15) is 4.79 Å². The maximum atomic E-state index is 11.1. The molecule has 0 atom stereocenters. The quantitative estimate of drug-likeness (QED) is 0.620. The zero-order chi connectivity index (χ0) is 13.7. The third kappa shape index (κ3) is 3.41. The second-order valence-electron chi connectivity index (χ2n) is 3.31. The first kappa shape index (κ1) is 13.3. The van der Waals surface area contributed by atoms with E-state index in [-0.39, 0.29) is 11.7 Å². The summed E-state index contributed by atoms with van der Waals surface area (Å²) in [6.45, 7) is 0. The van der Waals surface area contributed by atoms with E-state index in [0.29, 0.717) is 17.1 Å². The first-order valence-corrected chi connectivity index (χ1v) is 6.35. The minimum absolute atomic E-state index is 0.141. The number of carbonyl (C=O) groups excluding carboxylic acids is 1. The SMILES string of the molecule is CNc1nc(SCC(=O)OC)nc(-n2cccn2)n1. The van der Waals surface area contributed by atoms with Crippen LogP contribution in [0, 0.1) is 0 Å². The average Bonchev–Trinajstić information content (AvgIpc) is 2.98. The highest BCUT2D eigenvalue weighted by Gasteiger charge is 2.10. The average molecular weight is 280 g/mol. The van der Waals surface area contributed by atoms with Gasteiger partial charge in [-0.3, -0.25) is 4.79 Å². The van der Waals surface area contributed by atoms with Crippen molar-refractivity contribution < 1.29 is 9.53 Å². The summed E-state index contributed by atoms with van der Waals surface area (Å²) < 4.78 is 6.09. The molecule has 9 heteroatoms. The van der Waals surface area contributed by atoms with E-state index in [1.54, 1.807) is 25.5 Å². The van der Waals surface area contributed by atoms with E-state index in [0.717, 1.165) is 0 Å². The van der Waals surface area contributed by atoms with E-state index in [2.05, 4.69) is 30.1 Å². The maximum Gasteiger partial charge on any atom is 0.316 e. The number of esters is 1. The molecular formula is C10H12N6O2S. The van der Waals surface area contributed by atoms with Crippen molar-refractivity contribution in [2.45, 2.75) is 5.16 Å². The van der Waals surface area contributed by atoms with Crippen LogP contribution in [0.5, 0.6) is 0 Å². The molecule has 0 saturated heterocycles. The Labute approximate surface area is 113 Å². The van der Waals surface area contributed by atoms with Crippen LogP contribution >= 0.6 is 11.8 Å². The monoisotopic (exact) mass is 280 g/mol. The van der Waals surface area contributed by atoms with Crippen molar-refractivity contribution in [2.75, 3.05) is 25.2 Å². The van der Waals surface area contributed by atoms with Gasteiger partial charge < -0.3 is 10.1 Å². The van der Waals surface area contributed by atoms with Crippen LogP contribution in [0.25, 0.3) is 5.95 Å². The van der Waals surface area contributed by atoms with Gasteiger partial charge in [-0.2, -0.15) is 20.1 Å². The van der Waals surface area contributed by atoms with Crippen LogP contribution in [0.2, 0.25) is 0 Å². The van der Waals surface area contributed by atoms with E-state index in [4.69, 9.17) is 0 Å². The van der Waals surface area contributed by atoms with Crippen LogP contribution < -0.4 is 5.32 Å². The highest BCUT2D eigenvalue weighted by molar-refractivity contribution is 7.99. The van der Waals surface area contributed by atoms with Gasteiger partial charge in [0.25, 0.3) is 5.95 Å². The Bertz CT molecular complexity index is 559. The lowest BCUT2D eigenvalue weighted by atomic mass is 10.7. The molecule has 0 unspecified atom stereocenters. The van der Waals surface area contributed by atoms with Crippen LogP contribution in [0.15, 0.2) is 23.6 Å². The fourth-order valence-corrected chi connectivity index (χ4v) is 1.86. The topological polar surface area (TPSA) is 94.8 Å². The summed E-state index contributed by atoms with van der Waals surface area (Å²) in [5.74, 6) is 0.601. The second-order valence-corrected chi connectivity index (χ2v) is 4.25. The summed E-state index contributed by atoms with van der Waals surface area (Å²) in [5.41, 5.74) is 0. The summed E-state index contributed by atoms with van der Waals surface area (Å²) in [6, 6.07) is 1.77. The van der Waals surface area contributed by atoms with E-state index in [1.165, 1.54) is 23.6 Å². The lowest BCUT2D eigenvalue weighted by Gasteiger charge is -2.05. The molecule has 19 heavy (non-hydrogen) atoms. The van der Waals surface area contributed by atoms with Crippen LogP contribution in [-0.2, 0) is 9.53 Å². The van der Waals surface area contributed by atoms with Gasteiger partial charge in [0.1, 0.15) is 0 Å². The van der Waals surface area contributed by atoms with Gasteiger partial charge in [-0.25, -0.2) is 4.68 Å². The molecule has 0 aliphatic heterocycles. The Kier molecular flexibility index (Phi) is 4.29. The lowest BCUT2D eigenvalue weighted by Crippen LogP contribution is -2.09. The van der Waals surface area contributed by atoms with Gasteiger partial charge in [0.15, 0.2) is 5.16 Å². The van der Waals surface area contributed by atoms with Crippen molar-refractivity contribution in [3.05, 3.63) is 18.5 Å². The largest absolute Gasteiger partial charge is 0.468 e. The molecule has 1 N–H and O–H groups in total. The molecule has 0 bridgehead atoms. The van der Waals surface area contributed by atoms with Gasteiger partial charge in [0, 0.05) is 19.4 Å². The lowest BCUT2D eigenvalue weighted by molar-refractivity contribution is -0.137. The first-order chi connectivity index (χ1) is 9.22. The molecule has 0 amide bonds. The summed E-state index contributed by atoms with van der Waals surface area (Å²) in [7, 11) is 3.04.